The van der Waals surface area contributed by atoms with E-state index in [1.165, 1.54) is 23.1 Å². The molecule has 0 spiro atoms. The highest BCUT2D eigenvalue weighted by Gasteiger charge is 2.40. The average Bonchev–Trinajstić information content (AvgIpc) is 3.21. The number of nitrogens with zero attached hydrogens (tertiary/aromatic N) is 3. The quantitative estimate of drug-likeness (QED) is 0.628. The van der Waals surface area contributed by atoms with E-state index in [9.17, 15) is 14.9 Å². The van der Waals surface area contributed by atoms with Crippen molar-refractivity contribution in [2.24, 2.45) is 10.9 Å². The van der Waals surface area contributed by atoms with E-state index < -0.39 is 17.8 Å². The van der Waals surface area contributed by atoms with Crippen molar-refractivity contribution >= 4 is 40.0 Å². The topological polar surface area (TPSA) is 82.8 Å². The molecule has 1 aromatic heterocycles. The summed E-state index contributed by atoms with van der Waals surface area (Å²) >= 11 is 2.78. The Morgan fingerprint density at radius 2 is 2.07 bits per heavy atom. The van der Waals surface area contributed by atoms with Gasteiger partial charge in [-0.15, -0.1) is 11.3 Å². The minimum Gasteiger partial charge on any atom is -0.463 e. The van der Waals surface area contributed by atoms with Crippen LogP contribution in [0.25, 0.3) is 0 Å². The van der Waals surface area contributed by atoms with Crippen molar-refractivity contribution in [1.82, 2.24) is 4.90 Å². The second-order valence-corrected chi connectivity index (χ2v) is 8.10. The van der Waals surface area contributed by atoms with E-state index >= 15 is 0 Å². The van der Waals surface area contributed by atoms with Gasteiger partial charge in [-0.2, -0.15) is 5.26 Å². The second-order valence-electron chi connectivity index (χ2n) is 6.12. The molecule has 28 heavy (non-hydrogen) atoms. The van der Waals surface area contributed by atoms with Crippen molar-refractivity contribution in [3.63, 3.8) is 0 Å². The highest BCUT2D eigenvalue weighted by Crippen LogP contribution is 2.43. The van der Waals surface area contributed by atoms with Gasteiger partial charge < -0.3 is 9.64 Å². The number of aliphatic imine (C=N–C) groups is 1. The van der Waals surface area contributed by atoms with E-state index in [4.69, 9.17) is 4.74 Å². The second kappa shape index (κ2) is 10.4. The first kappa shape index (κ1) is 22.2. The number of hydrogen-bond acceptors (Lipinski definition) is 7. The number of hydrogen-bond donors (Lipinski definition) is 0. The molecular formula is C20H25N3O3S2. The Kier molecular flexibility index (Phi) is 8.27. The number of rotatable bonds is 7. The van der Waals surface area contributed by atoms with E-state index in [0.29, 0.717) is 29.4 Å². The SMILES string of the molecule is CCOC(=O)C1=C(C)N=C(SCC(=O)N(CC)CC)C(C#N)[C@@H]1c1cccs1. The van der Waals surface area contributed by atoms with E-state index in [1.807, 2.05) is 31.4 Å². The molecule has 0 bridgehead atoms. The fraction of sp³-hybridized carbons (Fsp3) is 0.500. The highest BCUT2D eigenvalue weighted by molar-refractivity contribution is 8.14. The molecule has 1 aromatic rings. The minimum absolute atomic E-state index is 0.0138. The van der Waals surface area contributed by atoms with Crippen LogP contribution in [0.3, 0.4) is 0 Å². The third-order valence-electron chi connectivity index (χ3n) is 4.52. The van der Waals surface area contributed by atoms with Gasteiger partial charge in [0.05, 0.1) is 29.0 Å². The lowest BCUT2D eigenvalue weighted by Gasteiger charge is -2.29. The third-order valence-corrected chi connectivity index (χ3v) is 6.51. The molecule has 2 atom stereocenters. The molecule has 0 saturated carbocycles. The molecular weight excluding hydrogens is 394 g/mol. The van der Waals surface area contributed by atoms with Gasteiger partial charge in [0.25, 0.3) is 0 Å². The van der Waals surface area contributed by atoms with Crippen LogP contribution in [0.4, 0.5) is 0 Å². The van der Waals surface area contributed by atoms with Gasteiger partial charge in [-0.05, 0) is 39.1 Å². The van der Waals surface area contributed by atoms with Crippen LogP contribution >= 0.6 is 23.1 Å². The molecule has 0 fully saturated rings. The van der Waals surface area contributed by atoms with Crippen LogP contribution in [0.15, 0.2) is 33.8 Å². The van der Waals surface area contributed by atoms with Crippen LogP contribution in [-0.4, -0.2) is 47.3 Å². The molecule has 0 N–H and O–H groups in total. The van der Waals surface area contributed by atoms with Crippen molar-refractivity contribution in [1.29, 1.82) is 5.26 Å². The Morgan fingerprint density at radius 3 is 2.61 bits per heavy atom. The van der Waals surface area contributed by atoms with Crippen molar-refractivity contribution in [2.45, 2.75) is 33.6 Å². The fourth-order valence-corrected chi connectivity index (χ4v) is 5.04. The molecule has 2 rings (SSSR count). The van der Waals surface area contributed by atoms with Crippen molar-refractivity contribution < 1.29 is 14.3 Å². The largest absolute Gasteiger partial charge is 0.463 e. The fourth-order valence-electron chi connectivity index (χ4n) is 3.14. The molecule has 6 nitrogen and oxygen atoms in total. The monoisotopic (exact) mass is 419 g/mol. The van der Waals surface area contributed by atoms with E-state index in [-0.39, 0.29) is 18.3 Å². The van der Waals surface area contributed by atoms with Crippen LogP contribution in [0.2, 0.25) is 0 Å². The zero-order valence-electron chi connectivity index (χ0n) is 16.6. The van der Waals surface area contributed by atoms with Crippen LogP contribution in [0.5, 0.6) is 0 Å². The van der Waals surface area contributed by atoms with Gasteiger partial charge in [0, 0.05) is 29.6 Å². The molecule has 0 aromatic carbocycles. The zero-order chi connectivity index (χ0) is 20.7. The Labute approximate surface area is 174 Å². The first-order chi connectivity index (χ1) is 13.5. The lowest BCUT2D eigenvalue weighted by molar-refractivity contribution is -0.139. The normalized spacial score (nSPS) is 19.0. The third kappa shape index (κ3) is 4.83. The summed E-state index contributed by atoms with van der Waals surface area (Å²) in [6.45, 7) is 8.94. The average molecular weight is 420 g/mol. The van der Waals surface area contributed by atoms with E-state index in [1.54, 1.807) is 18.7 Å². The number of ether oxygens (including phenoxy) is 1. The lowest BCUT2D eigenvalue weighted by atomic mass is 9.83. The van der Waals surface area contributed by atoms with Gasteiger partial charge >= 0.3 is 5.97 Å². The maximum atomic E-state index is 12.6. The standard InChI is InChI=1S/C20H25N3O3S2/c1-5-23(6-2)16(24)12-28-19-14(11-21)18(15-9-8-10-27-15)17(13(4)22-19)20(25)26-7-3/h8-10,14,18H,5-7,12H2,1-4H3/t14?,18-/m1/s1. The molecule has 1 aliphatic heterocycles. The summed E-state index contributed by atoms with van der Waals surface area (Å²) in [6.07, 6.45) is 0. The van der Waals surface area contributed by atoms with E-state index in [2.05, 4.69) is 11.1 Å². The number of nitriles is 1. The van der Waals surface area contributed by atoms with E-state index in [0.717, 1.165) is 4.88 Å². The van der Waals surface area contributed by atoms with Crippen LogP contribution in [0, 0.1) is 17.2 Å². The minimum atomic E-state index is -0.628. The maximum absolute atomic E-state index is 12.6. The molecule has 0 saturated heterocycles. The zero-order valence-corrected chi connectivity index (χ0v) is 18.2. The Balaban J connectivity index is 2.38. The van der Waals surface area contributed by atoms with Gasteiger partial charge in [0.2, 0.25) is 5.91 Å². The summed E-state index contributed by atoms with van der Waals surface area (Å²) in [5, 5.41) is 12.4. The van der Waals surface area contributed by atoms with Crippen molar-refractivity contribution in [3.8, 4) is 6.07 Å². The highest BCUT2D eigenvalue weighted by atomic mass is 32.2. The smallest absolute Gasteiger partial charge is 0.336 e. The summed E-state index contributed by atoms with van der Waals surface area (Å²) in [5.41, 5.74) is 0.969. The van der Waals surface area contributed by atoms with Crippen molar-refractivity contribution in [3.05, 3.63) is 33.7 Å². The van der Waals surface area contributed by atoms with Gasteiger partial charge in [-0.25, -0.2) is 9.79 Å². The molecule has 0 radical (unpaired) electrons. The number of thioether (sulfide) groups is 1. The lowest BCUT2D eigenvalue weighted by Crippen LogP contribution is -2.33. The number of esters is 1. The maximum Gasteiger partial charge on any atom is 0.336 e. The first-order valence-corrected chi connectivity index (χ1v) is 11.1. The molecule has 1 aliphatic rings. The van der Waals surface area contributed by atoms with Crippen LogP contribution in [0.1, 0.15) is 38.5 Å². The summed E-state index contributed by atoms with van der Waals surface area (Å²) in [6, 6.07) is 6.12. The molecule has 8 heteroatoms. The number of carbonyl (C=O) groups is 2. The molecule has 1 unspecified atom stereocenters. The number of allylic oxidation sites excluding steroid dienone is 1. The summed E-state index contributed by atoms with van der Waals surface area (Å²) in [4.78, 5) is 32.2. The van der Waals surface area contributed by atoms with Crippen molar-refractivity contribution in [2.75, 3.05) is 25.4 Å². The Morgan fingerprint density at radius 1 is 1.36 bits per heavy atom. The Bertz CT molecular complexity index is 805. The van der Waals surface area contributed by atoms with Gasteiger partial charge in [-0.3, -0.25) is 4.79 Å². The van der Waals surface area contributed by atoms with Gasteiger partial charge in [-0.1, -0.05) is 17.8 Å². The van der Waals surface area contributed by atoms with Gasteiger partial charge in [0.15, 0.2) is 0 Å². The Hall–Kier alpha value is -2.11. The molecule has 0 aliphatic carbocycles. The molecule has 150 valence electrons. The van der Waals surface area contributed by atoms with Gasteiger partial charge in [0.1, 0.15) is 5.92 Å². The first-order valence-electron chi connectivity index (χ1n) is 9.28. The summed E-state index contributed by atoms with van der Waals surface area (Å²) in [7, 11) is 0. The molecule has 2 heterocycles. The predicted molar refractivity (Wildman–Crippen MR) is 113 cm³/mol. The molecule has 1 amide bonds. The summed E-state index contributed by atoms with van der Waals surface area (Å²) in [5.74, 6) is -1.27. The summed E-state index contributed by atoms with van der Waals surface area (Å²) < 4.78 is 5.23. The number of thiophene rings is 1. The number of amides is 1. The van der Waals surface area contributed by atoms with Crippen LogP contribution in [-0.2, 0) is 14.3 Å². The predicted octanol–water partition coefficient (Wildman–Crippen LogP) is 3.82. The van der Waals surface area contributed by atoms with Crippen LogP contribution < -0.4 is 0 Å². The number of carbonyl (C=O) groups excluding carboxylic acids is 2.